The molecule has 5 heteroatoms. The van der Waals surface area contributed by atoms with Crippen molar-refractivity contribution in [3.8, 4) is 0 Å². The molecule has 0 rings (SSSR count). The molecule has 0 fully saturated rings. The molecule has 0 radical (unpaired) electrons. The minimum absolute atomic E-state index is 0.0625. The molecule has 0 bridgehead atoms. The number of rotatable bonds is 7. The lowest BCUT2D eigenvalue weighted by molar-refractivity contribution is -0.153. The van der Waals surface area contributed by atoms with Gasteiger partial charge in [0.2, 0.25) is 0 Å². The summed E-state index contributed by atoms with van der Waals surface area (Å²) >= 11 is 0. The lowest BCUT2D eigenvalue weighted by Gasteiger charge is -2.15. The van der Waals surface area contributed by atoms with E-state index in [4.69, 9.17) is 14.6 Å². The summed E-state index contributed by atoms with van der Waals surface area (Å²) in [7, 11) is 0. The molecule has 0 heterocycles. The molecule has 0 saturated carbocycles. The Kier molecular flexibility index (Phi) is 8.68. The lowest BCUT2D eigenvalue weighted by atomic mass is 10.3. The zero-order valence-electron chi connectivity index (χ0n) is 10.1. The molecule has 5 nitrogen and oxygen atoms in total. The lowest BCUT2D eigenvalue weighted by Crippen LogP contribution is -2.25. The Hall–Kier alpha value is -1.62. The van der Waals surface area contributed by atoms with Crippen LogP contribution in [0.3, 0.4) is 0 Å². The van der Waals surface area contributed by atoms with Gasteiger partial charge in [0, 0.05) is 25.2 Å². The summed E-state index contributed by atoms with van der Waals surface area (Å²) < 4.78 is 9.81. The van der Waals surface area contributed by atoms with E-state index in [1.807, 2.05) is 0 Å². The number of hydrogen-bond donors (Lipinski definition) is 1. The quantitative estimate of drug-likeness (QED) is 0.532. The molecule has 0 aromatic carbocycles. The van der Waals surface area contributed by atoms with Gasteiger partial charge < -0.3 is 14.6 Å². The van der Waals surface area contributed by atoms with Crippen molar-refractivity contribution in [3.63, 3.8) is 0 Å². The number of carbonyl (C=O) groups excluding carboxylic acids is 2. The SMILES string of the molecule is C/C=C/C(=O)OCC(CCO)OC(=O)/C=C/C. The summed E-state index contributed by atoms with van der Waals surface area (Å²) in [4.78, 5) is 22.2. The molecule has 0 aliphatic heterocycles. The van der Waals surface area contributed by atoms with E-state index in [2.05, 4.69) is 0 Å². The predicted octanol–water partition coefficient (Wildman–Crippen LogP) is 0.976. The van der Waals surface area contributed by atoms with Crippen molar-refractivity contribution in [2.75, 3.05) is 13.2 Å². The van der Waals surface area contributed by atoms with Crippen molar-refractivity contribution >= 4 is 11.9 Å². The van der Waals surface area contributed by atoms with E-state index in [0.29, 0.717) is 0 Å². The van der Waals surface area contributed by atoms with Crippen molar-refractivity contribution in [2.45, 2.75) is 26.4 Å². The van der Waals surface area contributed by atoms with Gasteiger partial charge in [0.05, 0.1) is 0 Å². The van der Waals surface area contributed by atoms with E-state index >= 15 is 0 Å². The Labute approximate surface area is 101 Å². The molecule has 0 aliphatic rings. The van der Waals surface area contributed by atoms with Gasteiger partial charge in [0.25, 0.3) is 0 Å². The van der Waals surface area contributed by atoms with Crippen LogP contribution < -0.4 is 0 Å². The van der Waals surface area contributed by atoms with Crippen LogP contribution in [0.15, 0.2) is 24.3 Å². The molecule has 0 aromatic rings. The highest BCUT2D eigenvalue weighted by Crippen LogP contribution is 2.01. The third-order valence-corrected chi connectivity index (χ3v) is 1.75. The summed E-state index contributed by atoms with van der Waals surface area (Å²) in [6.07, 6.45) is 5.23. The van der Waals surface area contributed by atoms with E-state index in [-0.39, 0.29) is 19.6 Å². The van der Waals surface area contributed by atoms with Crippen LogP contribution in [0.1, 0.15) is 20.3 Å². The van der Waals surface area contributed by atoms with E-state index in [1.54, 1.807) is 26.0 Å². The van der Waals surface area contributed by atoms with Crippen LogP contribution >= 0.6 is 0 Å². The largest absolute Gasteiger partial charge is 0.459 e. The fourth-order valence-electron chi connectivity index (χ4n) is 1.02. The number of esters is 2. The van der Waals surface area contributed by atoms with E-state index in [0.717, 1.165) is 0 Å². The van der Waals surface area contributed by atoms with Crippen molar-refractivity contribution in [1.29, 1.82) is 0 Å². The monoisotopic (exact) mass is 242 g/mol. The van der Waals surface area contributed by atoms with Crippen molar-refractivity contribution in [1.82, 2.24) is 0 Å². The highest BCUT2D eigenvalue weighted by atomic mass is 16.6. The minimum atomic E-state index is -0.627. The van der Waals surface area contributed by atoms with Crippen molar-refractivity contribution in [2.24, 2.45) is 0 Å². The molecule has 96 valence electrons. The zero-order chi connectivity index (χ0) is 13.1. The van der Waals surface area contributed by atoms with E-state index in [9.17, 15) is 9.59 Å². The molecule has 1 atom stereocenters. The summed E-state index contributed by atoms with van der Waals surface area (Å²) in [6, 6.07) is 0. The first-order valence-corrected chi connectivity index (χ1v) is 5.37. The topological polar surface area (TPSA) is 72.8 Å². The van der Waals surface area contributed by atoms with Gasteiger partial charge in [-0.05, 0) is 13.8 Å². The number of allylic oxidation sites excluding steroid dienone is 2. The smallest absolute Gasteiger partial charge is 0.330 e. The molecule has 0 spiro atoms. The first-order chi connectivity index (χ1) is 8.13. The van der Waals surface area contributed by atoms with Gasteiger partial charge in [-0.15, -0.1) is 0 Å². The maximum Gasteiger partial charge on any atom is 0.330 e. The second-order valence-electron chi connectivity index (χ2n) is 3.20. The molecule has 1 N–H and O–H groups in total. The first-order valence-electron chi connectivity index (χ1n) is 5.37. The Morgan fingerprint density at radius 3 is 2.29 bits per heavy atom. The standard InChI is InChI=1S/C12H18O5/c1-3-5-11(14)16-9-10(7-8-13)17-12(15)6-4-2/h3-6,10,13H,7-9H2,1-2H3/b5-3+,6-4+. The molecule has 1 unspecified atom stereocenters. The van der Waals surface area contributed by atoms with Crippen LogP contribution in [0.5, 0.6) is 0 Å². The number of aliphatic hydroxyl groups excluding tert-OH is 1. The normalized spacial score (nSPS) is 12.9. The van der Waals surface area contributed by atoms with Gasteiger partial charge in [0.15, 0.2) is 0 Å². The van der Waals surface area contributed by atoms with Crippen LogP contribution in [-0.2, 0) is 19.1 Å². The second-order valence-corrected chi connectivity index (χ2v) is 3.20. The number of aliphatic hydroxyl groups is 1. The van der Waals surface area contributed by atoms with Crippen LogP contribution in [-0.4, -0.2) is 36.4 Å². The molecule has 0 amide bonds. The first kappa shape index (κ1) is 15.4. The molecule has 0 saturated heterocycles. The van der Waals surface area contributed by atoms with Crippen LogP contribution in [0.4, 0.5) is 0 Å². The second kappa shape index (κ2) is 9.59. The zero-order valence-corrected chi connectivity index (χ0v) is 10.1. The summed E-state index contributed by atoms with van der Waals surface area (Å²) in [5.74, 6) is -1.02. The molecule has 17 heavy (non-hydrogen) atoms. The fraction of sp³-hybridized carbons (Fsp3) is 0.500. The summed E-state index contributed by atoms with van der Waals surface area (Å²) in [6.45, 7) is 3.18. The fourth-order valence-corrected chi connectivity index (χ4v) is 1.02. The highest BCUT2D eigenvalue weighted by Gasteiger charge is 2.14. The van der Waals surface area contributed by atoms with Crippen LogP contribution in [0.2, 0.25) is 0 Å². The van der Waals surface area contributed by atoms with Crippen LogP contribution in [0, 0.1) is 0 Å². The van der Waals surface area contributed by atoms with E-state index in [1.165, 1.54) is 12.2 Å². The van der Waals surface area contributed by atoms with E-state index < -0.39 is 18.0 Å². The third kappa shape index (κ3) is 8.21. The third-order valence-electron chi connectivity index (χ3n) is 1.75. The Bertz CT molecular complexity index is 293. The maximum atomic E-state index is 11.2. The molecular weight excluding hydrogens is 224 g/mol. The summed E-state index contributed by atoms with van der Waals surface area (Å²) in [5, 5.41) is 8.78. The number of ether oxygens (including phenoxy) is 2. The molecule has 0 aromatic heterocycles. The number of carbonyl (C=O) groups is 2. The Morgan fingerprint density at radius 2 is 1.76 bits per heavy atom. The van der Waals surface area contributed by atoms with Crippen molar-refractivity contribution in [3.05, 3.63) is 24.3 Å². The van der Waals surface area contributed by atoms with Gasteiger partial charge >= 0.3 is 11.9 Å². The van der Waals surface area contributed by atoms with Gasteiger partial charge in [0.1, 0.15) is 12.7 Å². The van der Waals surface area contributed by atoms with Gasteiger partial charge in [-0.2, -0.15) is 0 Å². The average Bonchev–Trinajstić information content (AvgIpc) is 2.27. The summed E-state index contributed by atoms with van der Waals surface area (Å²) in [5.41, 5.74) is 0. The van der Waals surface area contributed by atoms with Gasteiger partial charge in [-0.3, -0.25) is 0 Å². The molecular formula is C12H18O5. The Balaban J connectivity index is 4.14. The van der Waals surface area contributed by atoms with Crippen LogP contribution in [0.25, 0.3) is 0 Å². The number of hydrogen-bond acceptors (Lipinski definition) is 5. The average molecular weight is 242 g/mol. The minimum Gasteiger partial charge on any atom is -0.459 e. The molecule has 0 aliphatic carbocycles. The highest BCUT2D eigenvalue weighted by molar-refractivity contribution is 5.82. The predicted molar refractivity (Wildman–Crippen MR) is 62.2 cm³/mol. The van der Waals surface area contributed by atoms with Gasteiger partial charge in [-0.25, -0.2) is 9.59 Å². The Morgan fingerprint density at radius 1 is 1.18 bits per heavy atom. The maximum absolute atomic E-state index is 11.2. The van der Waals surface area contributed by atoms with Gasteiger partial charge in [-0.1, -0.05) is 12.2 Å². The van der Waals surface area contributed by atoms with Crippen molar-refractivity contribution < 1.29 is 24.2 Å².